The maximum Gasteiger partial charge on any atom is 0.137 e. The smallest absolute Gasteiger partial charge is 0.137 e. The highest BCUT2D eigenvalue weighted by Crippen LogP contribution is 2.47. The van der Waals surface area contributed by atoms with Crippen molar-refractivity contribution in [3.05, 3.63) is 273 Å². The third-order valence-corrected chi connectivity index (χ3v) is 15.4. The maximum atomic E-state index is 6.83. The zero-order valence-electron chi connectivity index (χ0n) is 42.1. The molecule has 0 saturated carbocycles. The van der Waals surface area contributed by atoms with Gasteiger partial charge in [0.05, 0.1) is 22.1 Å². The summed E-state index contributed by atoms with van der Waals surface area (Å²) in [4.78, 5) is 4.63. The highest BCUT2D eigenvalue weighted by atomic mass is 16.3. The molecule has 0 N–H and O–H groups in total. The number of rotatable bonds is 10. The predicted octanol–water partition coefficient (Wildman–Crippen LogP) is 20.1. The molecule has 77 heavy (non-hydrogen) atoms. The quantitative estimate of drug-likeness (QED) is 0.137. The zero-order valence-corrected chi connectivity index (χ0v) is 42.1. The van der Waals surface area contributed by atoms with Gasteiger partial charge in [0.1, 0.15) is 22.5 Å². The molecule has 0 atom stereocenters. The third-order valence-electron chi connectivity index (χ3n) is 15.4. The summed E-state index contributed by atoms with van der Waals surface area (Å²) in [5.41, 5.74) is 18.5. The minimum Gasteiger partial charge on any atom is -0.461 e. The number of hydrogen-bond donors (Lipinski definition) is 0. The number of fused-ring (bicyclic) bond motifs is 10. The number of para-hydroxylation sites is 6. The first-order valence-corrected chi connectivity index (χ1v) is 26.1. The lowest BCUT2D eigenvalue weighted by Crippen LogP contribution is -2.10. The van der Waals surface area contributed by atoms with Crippen molar-refractivity contribution in [1.29, 1.82) is 0 Å². The van der Waals surface area contributed by atoms with Crippen molar-refractivity contribution in [1.82, 2.24) is 9.13 Å². The van der Waals surface area contributed by atoms with Crippen LogP contribution in [0.2, 0.25) is 0 Å². The summed E-state index contributed by atoms with van der Waals surface area (Å²) >= 11 is 0. The van der Waals surface area contributed by atoms with Crippen LogP contribution >= 0.6 is 0 Å². The molecule has 0 unspecified atom stereocenters. The second kappa shape index (κ2) is 17.7. The average Bonchev–Trinajstić information content (AvgIpc) is 4.28. The van der Waals surface area contributed by atoms with Crippen LogP contribution in [0.15, 0.2) is 270 Å². The molecule has 6 heteroatoms. The SMILES string of the molecule is C=Cc1c(-c2c(C)oc3cc(N(c4ccccc4)c4ccc5c6ccccc6n(-c6ccccc6)c5c4)ccc23)ccc2oc3cc(N(c4ccccc4)c4ccc5c6ccccc6n(-c6ccccc6)c5c4)ccc3c12. The molecule has 0 aliphatic rings. The number of hydrogen-bond acceptors (Lipinski definition) is 4. The zero-order chi connectivity index (χ0) is 51.1. The Morgan fingerprint density at radius 3 is 1.27 bits per heavy atom. The molecule has 364 valence electrons. The summed E-state index contributed by atoms with van der Waals surface area (Å²) in [5, 5.41) is 7.91. The van der Waals surface area contributed by atoms with E-state index in [0.717, 1.165) is 112 Å². The molecule has 0 aliphatic heterocycles. The van der Waals surface area contributed by atoms with E-state index in [0.29, 0.717) is 0 Å². The van der Waals surface area contributed by atoms with Crippen molar-refractivity contribution >= 4 is 117 Å². The van der Waals surface area contributed by atoms with Gasteiger partial charge < -0.3 is 27.8 Å². The topological polar surface area (TPSA) is 42.6 Å². The molecule has 0 aliphatic carbocycles. The van der Waals surface area contributed by atoms with Crippen LogP contribution in [0.3, 0.4) is 0 Å². The fourth-order valence-corrected chi connectivity index (χ4v) is 12.1. The fraction of sp³-hybridized carbons (Fsp3) is 0.0141. The summed E-state index contributed by atoms with van der Waals surface area (Å²) in [5.74, 6) is 0.830. The lowest BCUT2D eigenvalue weighted by molar-refractivity contribution is 0.580. The van der Waals surface area contributed by atoms with E-state index in [9.17, 15) is 0 Å². The van der Waals surface area contributed by atoms with Crippen LogP contribution in [-0.2, 0) is 0 Å². The molecule has 0 radical (unpaired) electrons. The van der Waals surface area contributed by atoms with Crippen molar-refractivity contribution in [2.45, 2.75) is 6.92 Å². The Morgan fingerprint density at radius 2 is 0.766 bits per heavy atom. The van der Waals surface area contributed by atoms with E-state index >= 15 is 0 Å². The number of furan rings is 2. The van der Waals surface area contributed by atoms with Crippen LogP contribution in [0.1, 0.15) is 11.3 Å². The van der Waals surface area contributed by atoms with Gasteiger partial charge in [-0.05, 0) is 139 Å². The largest absolute Gasteiger partial charge is 0.461 e. The van der Waals surface area contributed by atoms with Crippen LogP contribution in [-0.4, -0.2) is 9.13 Å². The third kappa shape index (κ3) is 7.03. The summed E-state index contributed by atoms with van der Waals surface area (Å²) in [6.45, 7) is 6.48. The van der Waals surface area contributed by atoms with Gasteiger partial charge in [0.2, 0.25) is 0 Å². The van der Waals surface area contributed by atoms with Crippen molar-refractivity contribution in [2.24, 2.45) is 0 Å². The minimum absolute atomic E-state index is 0.792. The Bertz CT molecular complexity index is 4780. The van der Waals surface area contributed by atoms with Gasteiger partial charge in [-0.1, -0.05) is 134 Å². The van der Waals surface area contributed by atoms with E-state index in [1.807, 2.05) is 6.08 Å². The standard InChI is InChI=1S/C71H48N4O2/c1-3-55-60(70-46(2)76-68-44-53(34-38-61(68)70)72(47-20-8-4-9-21-47)51-32-36-58-56-28-16-18-30-63(56)74(65(58)42-51)49-24-12-6-13-25-49)40-41-67-71(55)62-39-35-54(45-69(62)77-67)73(48-22-10-5-11-23-48)52-33-37-59-57-29-17-19-31-64(57)75(66(59)43-52)50-26-14-7-15-27-50/h3-45H,1H2,2H3. The number of aromatic nitrogens is 2. The van der Waals surface area contributed by atoms with Gasteiger partial charge in [0.25, 0.3) is 0 Å². The Balaban J connectivity index is 0.839. The van der Waals surface area contributed by atoms with Crippen LogP contribution in [0, 0.1) is 6.92 Å². The van der Waals surface area contributed by atoms with Crippen molar-refractivity contribution in [3.8, 4) is 22.5 Å². The number of aryl methyl sites for hydroxylation is 1. The summed E-state index contributed by atoms with van der Waals surface area (Å²) in [6.07, 6.45) is 1.96. The van der Waals surface area contributed by atoms with E-state index < -0.39 is 0 Å². The van der Waals surface area contributed by atoms with E-state index in [-0.39, 0.29) is 0 Å². The Labute approximate surface area is 444 Å². The molecule has 4 aromatic heterocycles. The molecule has 6 nitrogen and oxygen atoms in total. The highest BCUT2D eigenvalue weighted by molar-refractivity contribution is 6.15. The molecule has 0 saturated heterocycles. The Kier molecular flexibility index (Phi) is 10.2. The van der Waals surface area contributed by atoms with Crippen LogP contribution in [0.4, 0.5) is 34.1 Å². The molecule has 0 amide bonds. The second-order valence-electron chi connectivity index (χ2n) is 19.7. The highest BCUT2D eigenvalue weighted by Gasteiger charge is 2.24. The Morgan fingerprint density at radius 1 is 0.351 bits per heavy atom. The number of anilines is 6. The molecular weight excluding hydrogens is 941 g/mol. The van der Waals surface area contributed by atoms with Gasteiger partial charge in [-0.2, -0.15) is 0 Å². The Hall–Kier alpha value is -10.3. The molecule has 11 aromatic carbocycles. The lowest BCUT2D eigenvalue weighted by Gasteiger charge is -2.25. The molecule has 4 heterocycles. The molecule has 15 rings (SSSR count). The molecule has 0 spiro atoms. The van der Waals surface area contributed by atoms with Gasteiger partial charge in [0.15, 0.2) is 0 Å². The lowest BCUT2D eigenvalue weighted by atomic mass is 9.93. The van der Waals surface area contributed by atoms with Crippen molar-refractivity contribution in [2.75, 3.05) is 9.80 Å². The maximum absolute atomic E-state index is 6.83. The van der Waals surface area contributed by atoms with Gasteiger partial charge in [-0.3, -0.25) is 0 Å². The van der Waals surface area contributed by atoms with Gasteiger partial charge in [-0.15, -0.1) is 0 Å². The molecular formula is C71H48N4O2. The van der Waals surface area contributed by atoms with E-state index in [1.165, 1.54) is 32.6 Å². The van der Waals surface area contributed by atoms with E-state index in [4.69, 9.17) is 8.83 Å². The van der Waals surface area contributed by atoms with Crippen LogP contribution in [0.5, 0.6) is 0 Å². The van der Waals surface area contributed by atoms with Crippen molar-refractivity contribution in [3.63, 3.8) is 0 Å². The first-order valence-electron chi connectivity index (χ1n) is 26.1. The van der Waals surface area contributed by atoms with Crippen LogP contribution < -0.4 is 9.80 Å². The van der Waals surface area contributed by atoms with Crippen LogP contribution in [0.25, 0.3) is 105 Å². The summed E-state index contributed by atoms with van der Waals surface area (Å²) in [6, 6.07) is 90.7. The second-order valence-corrected chi connectivity index (χ2v) is 19.7. The first kappa shape index (κ1) is 44.2. The molecule has 15 aromatic rings. The van der Waals surface area contributed by atoms with Crippen molar-refractivity contribution < 1.29 is 8.83 Å². The van der Waals surface area contributed by atoms with Gasteiger partial charge >= 0.3 is 0 Å². The average molecular weight is 989 g/mol. The van der Waals surface area contributed by atoms with E-state index in [2.05, 4.69) is 287 Å². The summed E-state index contributed by atoms with van der Waals surface area (Å²) in [7, 11) is 0. The van der Waals surface area contributed by atoms with E-state index in [1.54, 1.807) is 0 Å². The monoisotopic (exact) mass is 988 g/mol. The summed E-state index contributed by atoms with van der Waals surface area (Å²) < 4.78 is 18.4. The molecule has 0 bridgehead atoms. The number of nitrogens with zero attached hydrogens (tertiary/aromatic N) is 4. The first-order chi connectivity index (χ1) is 38.1. The van der Waals surface area contributed by atoms with Gasteiger partial charge in [0, 0.05) is 101 Å². The normalized spacial score (nSPS) is 11.8. The minimum atomic E-state index is 0.792. The van der Waals surface area contributed by atoms with Gasteiger partial charge in [-0.25, -0.2) is 0 Å². The molecule has 0 fully saturated rings. The predicted molar refractivity (Wildman–Crippen MR) is 322 cm³/mol. The fourth-order valence-electron chi connectivity index (χ4n) is 12.1. The number of benzene rings is 11.